The van der Waals surface area contributed by atoms with Gasteiger partial charge in [-0.3, -0.25) is 0 Å². The second-order valence-corrected chi connectivity index (χ2v) is 4.23. The molecule has 1 aromatic carbocycles. The fourth-order valence-electron chi connectivity index (χ4n) is 2.29. The van der Waals surface area contributed by atoms with Gasteiger partial charge in [0.15, 0.2) is 0 Å². The topological polar surface area (TPSA) is 47.9 Å². The van der Waals surface area contributed by atoms with E-state index in [0.29, 0.717) is 30.1 Å². The van der Waals surface area contributed by atoms with Gasteiger partial charge in [-0.25, -0.2) is 0 Å². The van der Waals surface area contributed by atoms with Gasteiger partial charge >= 0.3 is 0 Å². The molecule has 94 valence electrons. The molecule has 0 aromatic heterocycles. The third-order valence-electron chi connectivity index (χ3n) is 3.11. The molecule has 17 heavy (non-hydrogen) atoms. The average molecular weight is 238 g/mol. The molecule has 1 aliphatic heterocycles. The molecule has 1 fully saturated rings. The van der Waals surface area contributed by atoms with Gasteiger partial charge in [0.2, 0.25) is 0 Å². The zero-order chi connectivity index (χ0) is 12.3. The quantitative estimate of drug-likeness (QED) is 0.870. The van der Waals surface area contributed by atoms with Crippen LogP contribution in [0.25, 0.3) is 0 Å². The Bertz CT molecular complexity index is 361. The van der Waals surface area contributed by atoms with E-state index >= 15 is 0 Å². The Morgan fingerprint density at radius 2 is 1.88 bits per heavy atom. The molecule has 0 bridgehead atoms. The molecular formula is C13H18O4. The Labute approximate surface area is 101 Å². The van der Waals surface area contributed by atoms with Gasteiger partial charge in [-0.15, -0.1) is 0 Å². The van der Waals surface area contributed by atoms with Gasteiger partial charge in [-0.05, 0) is 25.0 Å². The van der Waals surface area contributed by atoms with Crippen LogP contribution in [0.5, 0.6) is 11.5 Å². The number of rotatable bonds is 3. The number of benzene rings is 1. The summed E-state index contributed by atoms with van der Waals surface area (Å²) in [6, 6.07) is 5.49. The van der Waals surface area contributed by atoms with Crippen LogP contribution < -0.4 is 9.47 Å². The molecule has 0 saturated carbocycles. The molecule has 0 spiro atoms. The molecule has 1 saturated heterocycles. The van der Waals surface area contributed by atoms with Crippen molar-refractivity contribution in [1.29, 1.82) is 0 Å². The lowest BCUT2D eigenvalue weighted by Gasteiger charge is -2.34. The van der Waals surface area contributed by atoms with Crippen molar-refractivity contribution in [3.05, 3.63) is 23.8 Å². The Kier molecular flexibility index (Phi) is 3.54. The summed E-state index contributed by atoms with van der Waals surface area (Å²) in [7, 11) is 3.18. The van der Waals surface area contributed by atoms with E-state index in [2.05, 4.69) is 0 Å². The lowest BCUT2D eigenvalue weighted by molar-refractivity contribution is -0.0922. The fraction of sp³-hybridized carbons (Fsp3) is 0.538. The maximum atomic E-state index is 10.7. The highest BCUT2D eigenvalue weighted by molar-refractivity contribution is 5.48. The summed E-state index contributed by atoms with van der Waals surface area (Å²) in [5.41, 5.74) is -0.333. The van der Waals surface area contributed by atoms with Crippen LogP contribution >= 0.6 is 0 Å². The second-order valence-electron chi connectivity index (χ2n) is 4.23. The van der Waals surface area contributed by atoms with Crippen molar-refractivity contribution >= 4 is 0 Å². The van der Waals surface area contributed by atoms with Crippen LogP contribution in [-0.2, 0) is 10.3 Å². The molecule has 1 N–H and O–H groups in total. The molecule has 2 rings (SSSR count). The van der Waals surface area contributed by atoms with E-state index in [1.165, 1.54) is 0 Å². The third kappa shape index (κ3) is 2.23. The van der Waals surface area contributed by atoms with Crippen molar-refractivity contribution in [2.24, 2.45) is 0 Å². The van der Waals surface area contributed by atoms with E-state index in [9.17, 15) is 5.11 Å². The first-order valence-corrected chi connectivity index (χ1v) is 5.73. The number of aliphatic hydroxyl groups is 1. The smallest absolute Gasteiger partial charge is 0.128 e. The predicted octanol–water partition coefficient (Wildman–Crippen LogP) is 1.70. The van der Waals surface area contributed by atoms with Crippen molar-refractivity contribution in [2.45, 2.75) is 18.4 Å². The summed E-state index contributed by atoms with van der Waals surface area (Å²) in [5, 5.41) is 10.7. The summed E-state index contributed by atoms with van der Waals surface area (Å²) in [4.78, 5) is 0. The number of hydrogen-bond donors (Lipinski definition) is 1. The highest BCUT2D eigenvalue weighted by Crippen LogP contribution is 2.41. The minimum atomic E-state index is -1.02. The molecule has 4 heteroatoms. The Balaban J connectivity index is 2.47. The van der Waals surface area contributed by atoms with Gasteiger partial charge in [0, 0.05) is 6.61 Å². The zero-order valence-corrected chi connectivity index (χ0v) is 10.2. The van der Waals surface area contributed by atoms with E-state index in [1.807, 2.05) is 18.2 Å². The van der Waals surface area contributed by atoms with Crippen LogP contribution in [-0.4, -0.2) is 32.5 Å². The number of methoxy groups -OCH3 is 2. The molecule has 1 aliphatic rings. The summed E-state index contributed by atoms with van der Waals surface area (Å²) in [6.45, 7) is 0.976. The zero-order valence-electron chi connectivity index (χ0n) is 10.2. The summed E-state index contributed by atoms with van der Waals surface area (Å²) in [6.07, 6.45) is 1.49. The van der Waals surface area contributed by atoms with E-state index in [4.69, 9.17) is 14.2 Å². The van der Waals surface area contributed by atoms with Gasteiger partial charge in [0.25, 0.3) is 0 Å². The summed E-state index contributed by atoms with van der Waals surface area (Å²) in [5.74, 6) is 1.27. The van der Waals surface area contributed by atoms with Crippen molar-refractivity contribution in [1.82, 2.24) is 0 Å². The van der Waals surface area contributed by atoms with Crippen molar-refractivity contribution in [3.8, 4) is 11.5 Å². The van der Waals surface area contributed by atoms with Gasteiger partial charge in [0.05, 0.1) is 26.4 Å². The standard InChI is InChI=1S/C13H18O4/c1-15-10-5-3-6-11(16-2)12(10)13(14)7-4-8-17-9-13/h3,5-6,14H,4,7-9H2,1-2H3. The lowest BCUT2D eigenvalue weighted by atomic mass is 9.87. The minimum Gasteiger partial charge on any atom is -0.496 e. The van der Waals surface area contributed by atoms with E-state index < -0.39 is 5.60 Å². The molecule has 1 atom stereocenters. The Morgan fingerprint density at radius 1 is 1.24 bits per heavy atom. The first kappa shape index (κ1) is 12.2. The van der Waals surface area contributed by atoms with Crippen LogP contribution in [0.2, 0.25) is 0 Å². The molecule has 4 nitrogen and oxygen atoms in total. The number of ether oxygens (including phenoxy) is 3. The minimum absolute atomic E-state index is 0.281. The van der Waals surface area contributed by atoms with Gasteiger partial charge in [-0.1, -0.05) is 6.07 Å². The monoisotopic (exact) mass is 238 g/mol. The largest absolute Gasteiger partial charge is 0.496 e. The van der Waals surface area contributed by atoms with Crippen LogP contribution in [0, 0.1) is 0 Å². The summed E-state index contributed by atoms with van der Waals surface area (Å²) >= 11 is 0. The molecule has 0 amide bonds. The Morgan fingerprint density at radius 3 is 2.35 bits per heavy atom. The molecule has 0 radical (unpaired) electrons. The van der Waals surface area contributed by atoms with Crippen molar-refractivity contribution < 1.29 is 19.3 Å². The molecule has 1 heterocycles. The van der Waals surface area contributed by atoms with Crippen LogP contribution in [0.15, 0.2) is 18.2 Å². The maximum absolute atomic E-state index is 10.7. The van der Waals surface area contributed by atoms with Crippen LogP contribution in [0.1, 0.15) is 18.4 Å². The molecule has 1 aromatic rings. The first-order valence-electron chi connectivity index (χ1n) is 5.73. The predicted molar refractivity (Wildman–Crippen MR) is 63.5 cm³/mol. The maximum Gasteiger partial charge on any atom is 0.128 e. The SMILES string of the molecule is COc1cccc(OC)c1C1(O)CCCOC1. The van der Waals surface area contributed by atoms with Crippen LogP contribution in [0.4, 0.5) is 0 Å². The molecular weight excluding hydrogens is 220 g/mol. The van der Waals surface area contributed by atoms with Crippen molar-refractivity contribution in [3.63, 3.8) is 0 Å². The first-order chi connectivity index (χ1) is 8.21. The molecule has 0 aliphatic carbocycles. The number of hydrogen-bond acceptors (Lipinski definition) is 4. The van der Waals surface area contributed by atoms with Crippen molar-refractivity contribution in [2.75, 3.05) is 27.4 Å². The van der Waals surface area contributed by atoms with Gasteiger partial charge in [0.1, 0.15) is 17.1 Å². The van der Waals surface area contributed by atoms with Crippen LogP contribution in [0.3, 0.4) is 0 Å². The van der Waals surface area contributed by atoms with Gasteiger partial charge in [-0.2, -0.15) is 0 Å². The lowest BCUT2D eigenvalue weighted by Crippen LogP contribution is -2.36. The summed E-state index contributed by atoms with van der Waals surface area (Å²) < 4.78 is 16.0. The fourth-order valence-corrected chi connectivity index (χ4v) is 2.29. The van der Waals surface area contributed by atoms with E-state index in [1.54, 1.807) is 14.2 Å². The normalized spacial score (nSPS) is 24.4. The average Bonchev–Trinajstić information content (AvgIpc) is 2.38. The highest BCUT2D eigenvalue weighted by atomic mass is 16.5. The van der Waals surface area contributed by atoms with Gasteiger partial charge < -0.3 is 19.3 Å². The molecule has 1 unspecified atom stereocenters. The second kappa shape index (κ2) is 4.94. The van der Waals surface area contributed by atoms with E-state index in [0.717, 1.165) is 6.42 Å². The highest BCUT2D eigenvalue weighted by Gasteiger charge is 2.37. The Hall–Kier alpha value is -1.26. The third-order valence-corrected chi connectivity index (χ3v) is 3.11. The van der Waals surface area contributed by atoms with E-state index in [-0.39, 0.29) is 6.61 Å².